The second-order valence-electron chi connectivity index (χ2n) is 4.61. The molecule has 2 aromatic rings. The lowest BCUT2D eigenvalue weighted by molar-refractivity contribution is 0.302. The van der Waals surface area contributed by atoms with Crippen LogP contribution in [-0.2, 0) is 11.9 Å². The van der Waals surface area contributed by atoms with Crippen molar-refractivity contribution in [2.24, 2.45) is 0 Å². The highest BCUT2D eigenvalue weighted by Gasteiger charge is 2.06. The van der Waals surface area contributed by atoms with Gasteiger partial charge in [-0.3, -0.25) is 0 Å². The fraction of sp³-hybridized carbons (Fsp3) is 0.250. The van der Waals surface area contributed by atoms with Gasteiger partial charge in [-0.2, -0.15) is 0 Å². The summed E-state index contributed by atoms with van der Waals surface area (Å²) in [6.07, 6.45) is 0. The van der Waals surface area contributed by atoms with Crippen molar-refractivity contribution in [1.29, 1.82) is 0 Å². The molecule has 19 heavy (non-hydrogen) atoms. The van der Waals surface area contributed by atoms with Crippen molar-refractivity contribution in [1.82, 2.24) is 0 Å². The maximum absolute atomic E-state index is 5.93. The molecule has 0 amide bonds. The number of hydrogen-bond donors (Lipinski definition) is 0. The first-order chi connectivity index (χ1) is 9.10. The van der Waals surface area contributed by atoms with Crippen LogP contribution in [-0.4, -0.2) is 0 Å². The second kappa shape index (κ2) is 6.44. The normalized spacial score (nSPS) is 10.5. The van der Waals surface area contributed by atoms with Gasteiger partial charge < -0.3 is 4.74 Å². The molecular weight excluding hydrogens is 324 g/mol. The fourth-order valence-electron chi connectivity index (χ4n) is 2.08. The summed E-state index contributed by atoms with van der Waals surface area (Å²) in [7, 11) is 0. The quantitative estimate of drug-likeness (QED) is 0.675. The molecular formula is C16H16BrClO. The minimum absolute atomic E-state index is 0.562. The summed E-state index contributed by atoms with van der Waals surface area (Å²) in [4.78, 5) is 0. The van der Waals surface area contributed by atoms with Crippen molar-refractivity contribution in [2.45, 2.75) is 25.8 Å². The predicted octanol–water partition coefficient (Wildman–Crippen LogP) is 5.43. The van der Waals surface area contributed by atoms with Crippen LogP contribution in [0, 0.1) is 13.8 Å². The van der Waals surface area contributed by atoms with Crippen LogP contribution in [0.3, 0.4) is 0 Å². The first-order valence-electron chi connectivity index (χ1n) is 6.13. The Hall–Kier alpha value is -0.990. The topological polar surface area (TPSA) is 9.23 Å². The standard InChI is InChI=1S/C16H16BrClO/c1-11-7-14(9-17)8-12(2)16(11)19-10-13-3-5-15(18)6-4-13/h3-8H,9-10H2,1-2H3. The van der Waals surface area contributed by atoms with E-state index in [2.05, 4.69) is 41.9 Å². The van der Waals surface area contributed by atoms with Crippen LogP contribution >= 0.6 is 27.5 Å². The van der Waals surface area contributed by atoms with Gasteiger partial charge in [0.1, 0.15) is 12.4 Å². The molecule has 0 atom stereocenters. The van der Waals surface area contributed by atoms with Crippen molar-refractivity contribution < 1.29 is 4.74 Å². The molecule has 1 nitrogen and oxygen atoms in total. The third-order valence-electron chi connectivity index (χ3n) is 2.97. The molecule has 0 N–H and O–H groups in total. The van der Waals surface area contributed by atoms with E-state index in [9.17, 15) is 0 Å². The molecule has 0 radical (unpaired) electrons. The Labute approximate surface area is 127 Å². The van der Waals surface area contributed by atoms with E-state index in [4.69, 9.17) is 16.3 Å². The average Bonchev–Trinajstić information content (AvgIpc) is 2.39. The zero-order chi connectivity index (χ0) is 13.8. The number of benzene rings is 2. The van der Waals surface area contributed by atoms with E-state index in [0.717, 1.165) is 21.7 Å². The summed E-state index contributed by atoms with van der Waals surface area (Å²) in [5, 5.41) is 1.62. The summed E-state index contributed by atoms with van der Waals surface area (Å²) in [5.74, 6) is 0.972. The first-order valence-corrected chi connectivity index (χ1v) is 7.63. The summed E-state index contributed by atoms with van der Waals surface area (Å²) in [5.41, 5.74) is 4.73. The Balaban J connectivity index is 2.13. The molecule has 0 aliphatic rings. The fourth-order valence-corrected chi connectivity index (χ4v) is 2.53. The Morgan fingerprint density at radius 2 is 1.58 bits per heavy atom. The van der Waals surface area contributed by atoms with Crippen LogP contribution < -0.4 is 4.74 Å². The zero-order valence-electron chi connectivity index (χ0n) is 11.0. The minimum atomic E-state index is 0.562. The van der Waals surface area contributed by atoms with Gasteiger partial charge in [0.15, 0.2) is 0 Å². The SMILES string of the molecule is Cc1cc(CBr)cc(C)c1OCc1ccc(Cl)cc1. The van der Waals surface area contributed by atoms with E-state index >= 15 is 0 Å². The van der Waals surface area contributed by atoms with E-state index < -0.39 is 0 Å². The molecule has 0 heterocycles. The molecule has 0 aliphatic carbocycles. The highest BCUT2D eigenvalue weighted by molar-refractivity contribution is 9.08. The number of alkyl halides is 1. The van der Waals surface area contributed by atoms with Crippen molar-refractivity contribution in [2.75, 3.05) is 0 Å². The number of aryl methyl sites for hydroxylation is 2. The Bertz CT molecular complexity index is 540. The van der Waals surface area contributed by atoms with Gasteiger partial charge in [-0.25, -0.2) is 0 Å². The number of rotatable bonds is 4. The van der Waals surface area contributed by atoms with E-state index in [1.807, 2.05) is 24.3 Å². The molecule has 100 valence electrons. The largest absolute Gasteiger partial charge is 0.488 e. The molecule has 0 unspecified atom stereocenters. The van der Waals surface area contributed by atoms with Gasteiger partial charge in [-0.15, -0.1) is 0 Å². The maximum atomic E-state index is 5.93. The molecule has 2 rings (SSSR count). The van der Waals surface area contributed by atoms with Crippen LogP contribution in [0.5, 0.6) is 5.75 Å². The molecule has 0 bridgehead atoms. The molecule has 0 spiro atoms. The minimum Gasteiger partial charge on any atom is -0.488 e. The average molecular weight is 340 g/mol. The van der Waals surface area contributed by atoms with Gasteiger partial charge in [0.2, 0.25) is 0 Å². The second-order valence-corrected chi connectivity index (χ2v) is 5.60. The van der Waals surface area contributed by atoms with Crippen LogP contribution in [0.1, 0.15) is 22.3 Å². The van der Waals surface area contributed by atoms with Gasteiger partial charge >= 0.3 is 0 Å². The lowest BCUT2D eigenvalue weighted by Crippen LogP contribution is -1.99. The summed E-state index contributed by atoms with van der Waals surface area (Å²) < 4.78 is 5.93. The van der Waals surface area contributed by atoms with E-state index in [0.29, 0.717) is 6.61 Å². The summed E-state index contributed by atoms with van der Waals surface area (Å²) in [6.45, 7) is 4.72. The Morgan fingerprint density at radius 1 is 1.00 bits per heavy atom. The van der Waals surface area contributed by atoms with E-state index in [-0.39, 0.29) is 0 Å². The molecule has 0 saturated heterocycles. The molecule has 0 aliphatic heterocycles. The highest BCUT2D eigenvalue weighted by Crippen LogP contribution is 2.26. The molecule has 0 saturated carbocycles. The predicted molar refractivity (Wildman–Crippen MR) is 84.3 cm³/mol. The monoisotopic (exact) mass is 338 g/mol. The highest BCUT2D eigenvalue weighted by atomic mass is 79.9. The van der Waals surface area contributed by atoms with Crippen LogP contribution in [0.2, 0.25) is 5.02 Å². The Morgan fingerprint density at radius 3 is 2.11 bits per heavy atom. The Kier molecular flexibility index (Phi) is 4.89. The molecule has 2 aromatic carbocycles. The molecule has 3 heteroatoms. The number of halogens is 2. The van der Waals surface area contributed by atoms with Crippen molar-refractivity contribution >= 4 is 27.5 Å². The molecule has 0 aromatic heterocycles. The van der Waals surface area contributed by atoms with Crippen LogP contribution in [0.25, 0.3) is 0 Å². The van der Waals surface area contributed by atoms with Gasteiger partial charge in [0.05, 0.1) is 0 Å². The van der Waals surface area contributed by atoms with E-state index in [1.165, 1.54) is 16.7 Å². The van der Waals surface area contributed by atoms with Crippen LogP contribution in [0.15, 0.2) is 36.4 Å². The van der Waals surface area contributed by atoms with Crippen molar-refractivity contribution in [3.8, 4) is 5.75 Å². The van der Waals surface area contributed by atoms with Crippen LogP contribution in [0.4, 0.5) is 0 Å². The third-order valence-corrected chi connectivity index (χ3v) is 3.87. The zero-order valence-corrected chi connectivity index (χ0v) is 13.4. The summed E-state index contributed by atoms with van der Waals surface area (Å²) >= 11 is 9.35. The summed E-state index contributed by atoms with van der Waals surface area (Å²) in [6, 6.07) is 12.0. The van der Waals surface area contributed by atoms with Gasteiger partial charge in [-0.05, 0) is 48.2 Å². The van der Waals surface area contributed by atoms with Crippen molar-refractivity contribution in [3.63, 3.8) is 0 Å². The smallest absolute Gasteiger partial charge is 0.125 e. The number of ether oxygens (including phenoxy) is 1. The lowest BCUT2D eigenvalue weighted by atomic mass is 10.1. The molecule has 0 fully saturated rings. The van der Waals surface area contributed by atoms with Gasteiger partial charge in [0, 0.05) is 10.4 Å². The van der Waals surface area contributed by atoms with Crippen molar-refractivity contribution in [3.05, 3.63) is 63.7 Å². The van der Waals surface area contributed by atoms with E-state index in [1.54, 1.807) is 0 Å². The van der Waals surface area contributed by atoms with Gasteiger partial charge in [0.25, 0.3) is 0 Å². The first kappa shape index (κ1) is 14.4. The number of hydrogen-bond acceptors (Lipinski definition) is 1. The third kappa shape index (κ3) is 3.74. The van der Waals surface area contributed by atoms with Gasteiger partial charge in [-0.1, -0.05) is 51.8 Å². The maximum Gasteiger partial charge on any atom is 0.125 e. The lowest BCUT2D eigenvalue weighted by Gasteiger charge is -2.13.